The van der Waals surface area contributed by atoms with Gasteiger partial charge in [-0.1, -0.05) is 42.3 Å². The van der Waals surface area contributed by atoms with Gasteiger partial charge >= 0.3 is 0 Å². The molecular weight excluding hydrogens is 398 g/mol. The molecule has 2 heterocycles. The Kier molecular flexibility index (Phi) is 11.8. The van der Waals surface area contributed by atoms with E-state index >= 15 is 0 Å². The van der Waals surface area contributed by atoms with Crippen LogP contribution in [0.1, 0.15) is 49.3 Å². The summed E-state index contributed by atoms with van der Waals surface area (Å²) in [6.07, 6.45) is 9.48. The van der Waals surface area contributed by atoms with Crippen LogP contribution in [0.25, 0.3) is 0 Å². The van der Waals surface area contributed by atoms with E-state index in [0.717, 1.165) is 18.9 Å². The second-order valence-electron chi connectivity index (χ2n) is 7.73. The van der Waals surface area contributed by atoms with Crippen LogP contribution >= 0.6 is 0 Å². The van der Waals surface area contributed by atoms with Gasteiger partial charge in [0.2, 0.25) is 0 Å². The molecule has 5 heteroatoms. The fraction of sp³-hybridized carbons (Fsp3) is 0.462. The third-order valence-corrected chi connectivity index (χ3v) is 5.19. The monoisotopic (exact) mass is 432 g/mol. The fourth-order valence-corrected chi connectivity index (χ4v) is 3.21. The van der Waals surface area contributed by atoms with Crippen LogP contribution in [0.4, 0.5) is 8.78 Å². The largest absolute Gasteiger partial charge is 0.490 e. The third-order valence-electron chi connectivity index (χ3n) is 5.19. The minimum absolute atomic E-state index is 0.0354. The lowest BCUT2D eigenvalue weighted by Crippen LogP contribution is -2.35. The molecule has 2 aliphatic rings. The van der Waals surface area contributed by atoms with Gasteiger partial charge in [-0.2, -0.15) is 0 Å². The van der Waals surface area contributed by atoms with E-state index in [1.54, 1.807) is 6.92 Å². The lowest BCUT2D eigenvalue weighted by atomic mass is 9.80. The van der Waals surface area contributed by atoms with Crippen molar-refractivity contribution in [2.45, 2.75) is 52.6 Å². The molecule has 2 aromatic carbocycles. The first-order valence-electron chi connectivity index (χ1n) is 10.6. The van der Waals surface area contributed by atoms with Crippen LogP contribution in [0.5, 0.6) is 5.75 Å². The van der Waals surface area contributed by atoms with Crippen LogP contribution in [0.3, 0.4) is 0 Å². The number of fused-ring (bicyclic) bond motifs is 3. The van der Waals surface area contributed by atoms with Gasteiger partial charge in [0, 0.05) is 24.0 Å². The van der Waals surface area contributed by atoms with Gasteiger partial charge in [0.25, 0.3) is 0 Å². The Morgan fingerprint density at radius 1 is 1.00 bits per heavy atom. The summed E-state index contributed by atoms with van der Waals surface area (Å²) in [6.45, 7) is 9.51. The summed E-state index contributed by atoms with van der Waals surface area (Å²) in [7, 11) is 0. The molecule has 0 bridgehead atoms. The lowest BCUT2D eigenvalue weighted by molar-refractivity contribution is 0.00815. The molecule has 170 valence electrons. The van der Waals surface area contributed by atoms with E-state index in [0.29, 0.717) is 25.4 Å². The molecular formula is C26H34F2O3. The second kappa shape index (κ2) is 13.8. The predicted molar refractivity (Wildman–Crippen MR) is 121 cm³/mol. The first-order chi connectivity index (χ1) is 14.8. The van der Waals surface area contributed by atoms with E-state index in [4.69, 9.17) is 14.6 Å². The van der Waals surface area contributed by atoms with E-state index in [1.807, 2.05) is 6.92 Å². The topological polar surface area (TPSA) is 38.7 Å². The molecule has 3 nitrogen and oxygen atoms in total. The number of halogens is 2. The van der Waals surface area contributed by atoms with Gasteiger partial charge in [0.15, 0.2) is 11.6 Å². The van der Waals surface area contributed by atoms with Crippen molar-refractivity contribution in [3.8, 4) is 18.6 Å². The number of aryl methyl sites for hydroxylation is 2. The highest BCUT2D eigenvalue weighted by atomic mass is 19.1. The summed E-state index contributed by atoms with van der Waals surface area (Å²) >= 11 is 0. The third kappa shape index (κ3) is 8.32. The fourth-order valence-electron chi connectivity index (χ4n) is 3.21. The molecule has 0 amide bonds. The zero-order valence-corrected chi connectivity index (χ0v) is 18.9. The predicted octanol–water partition coefficient (Wildman–Crippen LogP) is 5.81. The molecule has 0 radical (unpaired) electrons. The van der Waals surface area contributed by atoms with E-state index in [2.05, 4.69) is 51.0 Å². The van der Waals surface area contributed by atoms with Crippen molar-refractivity contribution in [2.24, 2.45) is 5.92 Å². The number of hydrogen-bond donors (Lipinski definition) is 1. The second-order valence-corrected chi connectivity index (χ2v) is 7.73. The highest BCUT2D eigenvalue weighted by Crippen LogP contribution is 2.43. The van der Waals surface area contributed by atoms with E-state index in [1.165, 1.54) is 17.2 Å². The van der Waals surface area contributed by atoms with E-state index < -0.39 is 5.82 Å². The van der Waals surface area contributed by atoms with E-state index in [-0.39, 0.29) is 29.5 Å². The Morgan fingerprint density at radius 2 is 1.52 bits per heavy atom. The summed E-state index contributed by atoms with van der Waals surface area (Å²) < 4.78 is 37.9. The van der Waals surface area contributed by atoms with Crippen molar-refractivity contribution in [2.75, 3.05) is 19.8 Å². The average Bonchev–Trinajstić information content (AvgIpc) is 2.80. The molecule has 2 aliphatic heterocycles. The Hall–Kier alpha value is -2.42. The maximum Gasteiger partial charge on any atom is 0.165 e. The minimum Gasteiger partial charge on any atom is -0.490 e. The SMILES string of the molecule is C#C.CCC(C)O.Cc1ccc(C)cc1.Fc1ccc(F)c2c1OCC1COCCC21. The van der Waals surface area contributed by atoms with Gasteiger partial charge < -0.3 is 14.6 Å². The Bertz CT molecular complexity index is 779. The van der Waals surface area contributed by atoms with Gasteiger partial charge in [0.1, 0.15) is 5.82 Å². The summed E-state index contributed by atoms with van der Waals surface area (Å²) in [5.41, 5.74) is 3.06. The molecule has 4 rings (SSSR count). The molecule has 0 saturated carbocycles. The number of hydrogen-bond acceptors (Lipinski definition) is 3. The normalized spacial score (nSPS) is 19.3. The molecule has 1 fully saturated rings. The molecule has 31 heavy (non-hydrogen) atoms. The van der Waals surface area contributed by atoms with Crippen molar-refractivity contribution in [3.63, 3.8) is 0 Å². The highest BCUT2D eigenvalue weighted by Gasteiger charge is 2.36. The number of benzene rings is 2. The van der Waals surface area contributed by atoms with Crippen LogP contribution in [-0.4, -0.2) is 31.0 Å². The first-order valence-corrected chi connectivity index (χ1v) is 10.6. The van der Waals surface area contributed by atoms with E-state index in [9.17, 15) is 8.78 Å². The molecule has 3 unspecified atom stereocenters. The Balaban J connectivity index is 0.000000269. The number of terminal acetylenes is 1. The minimum atomic E-state index is -0.471. The molecule has 1 saturated heterocycles. The quantitative estimate of drug-likeness (QED) is 0.578. The molecule has 0 aliphatic carbocycles. The van der Waals surface area contributed by atoms with Crippen molar-refractivity contribution < 1.29 is 23.4 Å². The van der Waals surface area contributed by atoms with Crippen LogP contribution in [-0.2, 0) is 4.74 Å². The first kappa shape index (κ1) is 26.6. The van der Waals surface area contributed by atoms with Crippen LogP contribution in [0.2, 0.25) is 0 Å². The summed E-state index contributed by atoms with van der Waals surface area (Å²) in [4.78, 5) is 0. The summed E-state index contributed by atoms with van der Waals surface area (Å²) in [6, 6.07) is 10.8. The van der Waals surface area contributed by atoms with Crippen LogP contribution in [0.15, 0.2) is 36.4 Å². The number of aliphatic hydroxyl groups excluding tert-OH is 1. The maximum atomic E-state index is 13.7. The van der Waals surface area contributed by atoms with Crippen molar-refractivity contribution >= 4 is 0 Å². The number of rotatable bonds is 1. The molecule has 0 spiro atoms. The molecule has 0 aromatic heterocycles. The van der Waals surface area contributed by atoms with Crippen LogP contribution < -0.4 is 4.74 Å². The molecule has 3 atom stereocenters. The van der Waals surface area contributed by atoms with Gasteiger partial charge in [-0.3, -0.25) is 0 Å². The lowest BCUT2D eigenvalue weighted by Gasteiger charge is -2.36. The van der Waals surface area contributed by atoms with Crippen LogP contribution in [0, 0.1) is 44.2 Å². The van der Waals surface area contributed by atoms with Crippen molar-refractivity contribution in [3.05, 3.63) is 64.7 Å². The molecule has 2 aromatic rings. The molecule has 1 N–H and O–H groups in total. The smallest absolute Gasteiger partial charge is 0.165 e. The highest BCUT2D eigenvalue weighted by molar-refractivity contribution is 5.41. The summed E-state index contributed by atoms with van der Waals surface area (Å²) in [5, 5.41) is 8.36. The number of aliphatic hydroxyl groups is 1. The Morgan fingerprint density at radius 3 is 2.03 bits per heavy atom. The average molecular weight is 433 g/mol. The number of ether oxygens (including phenoxy) is 2. The Labute approximate surface area is 185 Å². The van der Waals surface area contributed by atoms with Gasteiger partial charge in [-0.05, 0) is 45.7 Å². The zero-order chi connectivity index (χ0) is 23.4. The van der Waals surface area contributed by atoms with Crippen molar-refractivity contribution in [1.29, 1.82) is 0 Å². The van der Waals surface area contributed by atoms with Gasteiger partial charge in [-0.25, -0.2) is 8.78 Å². The zero-order valence-electron chi connectivity index (χ0n) is 18.9. The maximum absolute atomic E-state index is 13.7. The van der Waals surface area contributed by atoms with Gasteiger partial charge in [-0.15, -0.1) is 12.8 Å². The standard InChI is InChI=1S/C12H12F2O2.C8H10.C4H10O.C2H2/c13-9-1-2-10(14)12-11(9)8-3-4-15-5-7(8)6-16-12;1-7-3-5-8(2)6-4-7;1-3-4(2)5;1-2/h1-2,7-8H,3-6H2;3-6H,1-2H3;4-5H,3H2,1-2H3;1-2H. The van der Waals surface area contributed by atoms with Crippen molar-refractivity contribution in [1.82, 2.24) is 0 Å². The van der Waals surface area contributed by atoms with Gasteiger partial charge in [0.05, 0.1) is 19.3 Å². The summed E-state index contributed by atoms with van der Waals surface area (Å²) in [5.74, 6) is -0.553.